The summed E-state index contributed by atoms with van der Waals surface area (Å²) in [5, 5.41) is 13.3. The van der Waals surface area contributed by atoms with Crippen molar-refractivity contribution in [3.63, 3.8) is 0 Å². The number of benzene rings is 1. The number of nitrogens with one attached hydrogen (secondary N) is 1. The summed E-state index contributed by atoms with van der Waals surface area (Å²) in [5.41, 5.74) is 6.44. The molecule has 18 heavy (non-hydrogen) atoms. The summed E-state index contributed by atoms with van der Waals surface area (Å²) in [6.45, 7) is 3.36. The Morgan fingerprint density at radius 2 is 2.17 bits per heavy atom. The number of halogens is 1. The van der Waals surface area contributed by atoms with Crippen LogP contribution in [0.5, 0.6) is 0 Å². The number of hydrogen-bond donors (Lipinski definition) is 2. The van der Waals surface area contributed by atoms with Crippen LogP contribution in [0.3, 0.4) is 0 Å². The number of nitrogens with zero attached hydrogens (tertiary/aromatic N) is 1. The molecule has 1 unspecified atom stereocenters. The minimum Gasteiger partial charge on any atom is -0.327 e. The minimum atomic E-state index is -0.476. The average Bonchev–Trinajstić information content (AvgIpc) is 2.19. The van der Waals surface area contributed by atoms with Crippen molar-refractivity contribution < 1.29 is 9.72 Å². The lowest BCUT2D eigenvalue weighted by atomic mass is 10.1. The van der Waals surface area contributed by atoms with Crippen LogP contribution in [0.25, 0.3) is 0 Å². The van der Waals surface area contributed by atoms with Gasteiger partial charge in [-0.25, -0.2) is 0 Å². The molecule has 0 bridgehead atoms. The van der Waals surface area contributed by atoms with Crippen molar-refractivity contribution in [1.29, 1.82) is 0 Å². The summed E-state index contributed by atoms with van der Waals surface area (Å²) in [5.74, 6) is -0.252. The zero-order valence-corrected chi connectivity index (χ0v) is 11.0. The van der Waals surface area contributed by atoms with Crippen LogP contribution in [-0.2, 0) is 4.79 Å². The number of amides is 1. The van der Waals surface area contributed by atoms with Crippen molar-refractivity contribution in [2.24, 2.45) is 5.73 Å². The van der Waals surface area contributed by atoms with Gasteiger partial charge in [0.2, 0.25) is 5.91 Å². The first kappa shape index (κ1) is 16.3. The maximum Gasteiger partial charge on any atom is 0.274 e. The van der Waals surface area contributed by atoms with Crippen LogP contribution in [0.2, 0.25) is 0 Å². The Morgan fingerprint density at radius 1 is 1.56 bits per heavy atom. The lowest BCUT2D eigenvalue weighted by Crippen LogP contribution is -2.24. The molecule has 100 valence electrons. The van der Waals surface area contributed by atoms with Gasteiger partial charge < -0.3 is 11.1 Å². The van der Waals surface area contributed by atoms with Gasteiger partial charge in [0, 0.05) is 29.8 Å². The van der Waals surface area contributed by atoms with Crippen LogP contribution >= 0.6 is 12.4 Å². The maximum atomic E-state index is 11.4. The van der Waals surface area contributed by atoms with Gasteiger partial charge in [0.1, 0.15) is 0 Å². The Morgan fingerprint density at radius 3 is 2.67 bits per heavy atom. The van der Waals surface area contributed by atoms with Crippen molar-refractivity contribution in [1.82, 2.24) is 0 Å². The van der Waals surface area contributed by atoms with Crippen molar-refractivity contribution in [3.05, 3.63) is 33.9 Å². The fourth-order valence-electron chi connectivity index (χ4n) is 1.39. The molecule has 0 aliphatic heterocycles. The minimum absolute atomic E-state index is 0. The van der Waals surface area contributed by atoms with E-state index in [4.69, 9.17) is 5.73 Å². The highest BCUT2D eigenvalue weighted by Crippen LogP contribution is 2.22. The first-order chi connectivity index (χ1) is 7.90. The average molecular weight is 274 g/mol. The maximum absolute atomic E-state index is 11.4. The lowest BCUT2D eigenvalue weighted by molar-refractivity contribution is -0.385. The van der Waals surface area contributed by atoms with Crippen molar-refractivity contribution in [2.75, 3.05) is 5.32 Å². The Hall–Kier alpha value is -1.66. The Bertz CT molecular complexity index is 449. The van der Waals surface area contributed by atoms with Crippen molar-refractivity contribution in [2.45, 2.75) is 26.3 Å². The largest absolute Gasteiger partial charge is 0.327 e. The van der Waals surface area contributed by atoms with E-state index in [0.717, 1.165) is 0 Å². The van der Waals surface area contributed by atoms with E-state index < -0.39 is 4.92 Å². The predicted molar refractivity (Wildman–Crippen MR) is 72.0 cm³/mol. The Balaban J connectivity index is 0.00000289. The number of nitro groups is 1. The number of carbonyl (C=O) groups excluding carboxylic acids is 1. The monoisotopic (exact) mass is 273 g/mol. The number of rotatable bonds is 4. The van der Waals surface area contributed by atoms with Crippen molar-refractivity contribution >= 4 is 29.7 Å². The number of anilines is 1. The second-order valence-corrected chi connectivity index (χ2v) is 3.99. The molecule has 0 radical (unpaired) electrons. The van der Waals surface area contributed by atoms with Gasteiger partial charge in [-0.15, -0.1) is 12.4 Å². The van der Waals surface area contributed by atoms with Gasteiger partial charge in [0.15, 0.2) is 0 Å². The molecule has 6 nitrogen and oxygen atoms in total. The zero-order valence-electron chi connectivity index (χ0n) is 10.2. The van der Waals surface area contributed by atoms with Crippen molar-refractivity contribution in [3.8, 4) is 0 Å². The van der Waals surface area contributed by atoms with E-state index in [1.54, 1.807) is 26.0 Å². The van der Waals surface area contributed by atoms with Crippen LogP contribution in [0.15, 0.2) is 18.2 Å². The third-order valence-corrected chi connectivity index (χ3v) is 2.20. The first-order valence-corrected chi connectivity index (χ1v) is 5.20. The molecule has 1 atom stereocenters. The summed E-state index contributed by atoms with van der Waals surface area (Å²) >= 11 is 0. The van der Waals surface area contributed by atoms with Gasteiger partial charge in [-0.3, -0.25) is 14.9 Å². The van der Waals surface area contributed by atoms with Crippen LogP contribution in [0.4, 0.5) is 11.4 Å². The molecule has 1 aromatic carbocycles. The predicted octanol–water partition coefficient (Wildman–Crippen LogP) is 2.00. The van der Waals surface area contributed by atoms with E-state index in [9.17, 15) is 14.9 Å². The molecular weight excluding hydrogens is 258 g/mol. The smallest absolute Gasteiger partial charge is 0.274 e. The second kappa shape index (κ2) is 6.93. The molecule has 0 aliphatic rings. The van der Waals surface area contributed by atoms with E-state index >= 15 is 0 Å². The van der Waals surface area contributed by atoms with Gasteiger partial charge in [-0.1, -0.05) is 6.07 Å². The van der Waals surface area contributed by atoms with E-state index in [1.807, 2.05) is 0 Å². The highest BCUT2D eigenvalue weighted by atomic mass is 35.5. The molecule has 0 saturated carbocycles. The Labute approximate surface area is 111 Å². The fraction of sp³-hybridized carbons (Fsp3) is 0.364. The summed E-state index contributed by atoms with van der Waals surface area (Å²) < 4.78 is 0. The van der Waals surface area contributed by atoms with Crippen LogP contribution in [0, 0.1) is 17.0 Å². The van der Waals surface area contributed by atoms with Crippen LogP contribution in [-0.4, -0.2) is 16.9 Å². The molecule has 0 spiro atoms. The number of aryl methyl sites for hydroxylation is 1. The Kier molecular flexibility index (Phi) is 6.29. The quantitative estimate of drug-likeness (QED) is 0.647. The summed E-state index contributed by atoms with van der Waals surface area (Å²) in [6.07, 6.45) is 0.182. The number of nitrogens with two attached hydrogens (primary N) is 1. The molecule has 3 N–H and O–H groups in total. The molecule has 7 heteroatoms. The molecule has 0 heterocycles. The number of nitro benzene ring substituents is 1. The van der Waals surface area contributed by atoms with E-state index in [1.165, 1.54) is 6.07 Å². The molecule has 0 aromatic heterocycles. The number of hydrogen-bond acceptors (Lipinski definition) is 4. The van der Waals surface area contributed by atoms with E-state index in [0.29, 0.717) is 11.3 Å². The number of carbonyl (C=O) groups is 1. The van der Waals surface area contributed by atoms with Gasteiger partial charge in [0.25, 0.3) is 5.69 Å². The molecule has 0 saturated heterocycles. The van der Waals surface area contributed by atoms with Gasteiger partial charge in [-0.2, -0.15) is 0 Å². The van der Waals surface area contributed by atoms with Crippen LogP contribution < -0.4 is 11.1 Å². The van der Waals surface area contributed by atoms with Gasteiger partial charge in [-0.05, 0) is 19.9 Å². The van der Waals surface area contributed by atoms with E-state index in [2.05, 4.69) is 5.32 Å². The molecule has 0 fully saturated rings. The molecule has 1 rings (SSSR count). The standard InChI is InChI=1S/C11H15N3O3.ClH/c1-7-3-4-9(6-10(7)14(16)17)13-11(15)5-8(2)12;/h3-4,6,8H,5,12H2,1-2H3,(H,13,15);1H. The lowest BCUT2D eigenvalue weighted by Gasteiger charge is -2.07. The first-order valence-electron chi connectivity index (χ1n) is 5.20. The third kappa shape index (κ3) is 4.68. The fourth-order valence-corrected chi connectivity index (χ4v) is 1.39. The molecule has 1 amide bonds. The highest BCUT2D eigenvalue weighted by molar-refractivity contribution is 5.91. The molecule has 1 aromatic rings. The SMILES string of the molecule is Cc1ccc(NC(=O)CC(C)N)cc1[N+](=O)[O-].Cl. The second-order valence-electron chi connectivity index (χ2n) is 3.99. The molecular formula is C11H16ClN3O3. The zero-order chi connectivity index (χ0) is 13.0. The van der Waals surface area contributed by atoms with Gasteiger partial charge in [0.05, 0.1) is 4.92 Å². The topological polar surface area (TPSA) is 98.3 Å². The van der Waals surface area contributed by atoms with E-state index in [-0.39, 0.29) is 36.5 Å². The molecule has 0 aliphatic carbocycles. The van der Waals surface area contributed by atoms with Crippen LogP contribution in [0.1, 0.15) is 18.9 Å². The summed E-state index contributed by atoms with van der Waals surface area (Å²) in [7, 11) is 0. The highest BCUT2D eigenvalue weighted by Gasteiger charge is 2.12. The van der Waals surface area contributed by atoms with Gasteiger partial charge >= 0.3 is 0 Å². The summed E-state index contributed by atoms with van der Waals surface area (Å²) in [6, 6.07) is 4.32. The third-order valence-electron chi connectivity index (χ3n) is 2.20. The normalized spacial score (nSPS) is 11.3. The summed E-state index contributed by atoms with van der Waals surface area (Å²) in [4.78, 5) is 21.7.